The van der Waals surface area contributed by atoms with E-state index in [0.717, 1.165) is 11.1 Å². The van der Waals surface area contributed by atoms with Crippen LogP contribution in [-0.2, 0) is 10.0 Å². The third-order valence-corrected chi connectivity index (χ3v) is 5.23. The third-order valence-electron chi connectivity index (χ3n) is 3.24. The molecule has 0 spiro atoms. The van der Waals surface area contributed by atoms with E-state index in [1.54, 1.807) is 16.4 Å². The summed E-state index contributed by atoms with van der Waals surface area (Å²) in [5, 5.41) is 3.20. The molecule has 0 aromatic heterocycles. The van der Waals surface area contributed by atoms with E-state index in [0.29, 0.717) is 24.5 Å². The van der Waals surface area contributed by atoms with Crippen LogP contribution >= 0.6 is 0 Å². The second kappa shape index (κ2) is 4.99. The van der Waals surface area contributed by atoms with Crippen molar-refractivity contribution in [3.63, 3.8) is 0 Å². The molecule has 1 aromatic carbocycles. The van der Waals surface area contributed by atoms with Crippen molar-refractivity contribution in [3.05, 3.63) is 29.3 Å². The highest BCUT2D eigenvalue weighted by molar-refractivity contribution is 7.89. The fourth-order valence-electron chi connectivity index (χ4n) is 2.40. The van der Waals surface area contributed by atoms with Crippen molar-refractivity contribution in [3.8, 4) is 0 Å². The van der Waals surface area contributed by atoms with Crippen molar-refractivity contribution >= 4 is 10.0 Å². The van der Waals surface area contributed by atoms with Crippen molar-refractivity contribution < 1.29 is 8.42 Å². The lowest BCUT2D eigenvalue weighted by atomic mass is 10.2. The van der Waals surface area contributed by atoms with Gasteiger partial charge in [0.25, 0.3) is 0 Å². The minimum absolute atomic E-state index is 0.00423. The van der Waals surface area contributed by atoms with Crippen LogP contribution in [0, 0.1) is 13.8 Å². The van der Waals surface area contributed by atoms with Crippen LogP contribution in [0.1, 0.15) is 18.1 Å². The van der Waals surface area contributed by atoms with Gasteiger partial charge in [-0.3, -0.25) is 0 Å². The Morgan fingerprint density at radius 3 is 2.39 bits per heavy atom. The van der Waals surface area contributed by atoms with Crippen molar-refractivity contribution in [1.29, 1.82) is 0 Å². The van der Waals surface area contributed by atoms with Gasteiger partial charge in [-0.15, -0.1) is 0 Å². The first-order chi connectivity index (χ1) is 8.41. The highest BCUT2D eigenvalue weighted by atomic mass is 32.2. The molecule has 4 nitrogen and oxygen atoms in total. The number of nitrogens with one attached hydrogen (secondary N) is 1. The largest absolute Gasteiger partial charge is 0.314 e. The number of hydrogen-bond acceptors (Lipinski definition) is 3. The van der Waals surface area contributed by atoms with Gasteiger partial charge in [-0.25, -0.2) is 8.42 Å². The molecule has 1 unspecified atom stereocenters. The number of sulfonamides is 1. The average molecular weight is 268 g/mol. The number of benzene rings is 1. The summed E-state index contributed by atoms with van der Waals surface area (Å²) in [5.41, 5.74) is 1.97. The fraction of sp³-hybridized carbons (Fsp3) is 0.538. The van der Waals surface area contributed by atoms with Gasteiger partial charge in [0.1, 0.15) is 0 Å². The Kier molecular flexibility index (Phi) is 3.75. The molecular formula is C13H20N2O2S. The van der Waals surface area contributed by atoms with E-state index in [-0.39, 0.29) is 6.04 Å². The van der Waals surface area contributed by atoms with Gasteiger partial charge in [-0.2, -0.15) is 4.31 Å². The van der Waals surface area contributed by atoms with Crippen molar-refractivity contribution in [2.45, 2.75) is 31.7 Å². The van der Waals surface area contributed by atoms with Crippen LogP contribution in [0.5, 0.6) is 0 Å². The van der Waals surface area contributed by atoms with Gasteiger partial charge in [-0.05, 0) is 44.0 Å². The zero-order chi connectivity index (χ0) is 13.3. The summed E-state index contributed by atoms with van der Waals surface area (Å²) in [7, 11) is -3.36. The van der Waals surface area contributed by atoms with E-state index < -0.39 is 10.0 Å². The minimum Gasteiger partial charge on any atom is -0.314 e. The molecule has 0 saturated carbocycles. The number of nitrogens with zero attached hydrogens (tertiary/aromatic N) is 1. The van der Waals surface area contributed by atoms with E-state index in [2.05, 4.69) is 5.32 Å². The normalized spacial score (nSPS) is 22.1. The molecule has 1 saturated heterocycles. The zero-order valence-electron chi connectivity index (χ0n) is 11.1. The summed E-state index contributed by atoms with van der Waals surface area (Å²) in [5.74, 6) is 0. The summed E-state index contributed by atoms with van der Waals surface area (Å²) >= 11 is 0. The van der Waals surface area contributed by atoms with E-state index in [1.165, 1.54) is 0 Å². The number of aryl methyl sites for hydroxylation is 2. The summed E-state index contributed by atoms with van der Waals surface area (Å²) in [6.45, 7) is 7.75. The van der Waals surface area contributed by atoms with Crippen LogP contribution in [0.15, 0.2) is 23.1 Å². The van der Waals surface area contributed by atoms with Gasteiger partial charge in [0, 0.05) is 25.7 Å². The lowest BCUT2D eigenvalue weighted by Gasteiger charge is -2.33. The first kappa shape index (κ1) is 13.5. The molecule has 1 fully saturated rings. The lowest BCUT2D eigenvalue weighted by molar-refractivity contribution is 0.284. The summed E-state index contributed by atoms with van der Waals surface area (Å²) in [6.07, 6.45) is 0. The molecule has 5 heteroatoms. The number of rotatable bonds is 2. The molecule has 1 aliphatic heterocycles. The molecule has 0 amide bonds. The molecule has 1 N–H and O–H groups in total. The molecule has 1 atom stereocenters. The smallest absolute Gasteiger partial charge is 0.243 e. The quantitative estimate of drug-likeness (QED) is 0.879. The summed E-state index contributed by atoms with van der Waals surface area (Å²) < 4.78 is 26.8. The van der Waals surface area contributed by atoms with Crippen LogP contribution in [0.25, 0.3) is 0 Å². The van der Waals surface area contributed by atoms with Gasteiger partial charge in [-0.1, -0.05) is 6.07 Å². The third kappa shape index (κ3) is 2.58. The number of piperazine rings is 1. The molecule has 1 aliphatic rings. The standard InChI is InChI=1S/C13H20N2O2S/c1-10-6-11(2)8-13(7-10)18(16,17)15-5-4-14-9-12(15)3/h6-8,12,14H,4-5,9H2,1-3H3. The fourth-order valence-corrected chi connectivity index (χ4v) is 4.22. The summed E-state index contributed by atoms with van der Waals surface area (Å²) in [6, 6.07) is 5.48. The maximum atomic E-state index is 12.6. The monoisotopic (exact) mass is 268 g/mol. The van der Waals surface area contributed by atoms with Crippen LogP contribution in [0.2, 0.25) is 0 Å². The van der Waals surface area contributed by atoms with Gasteiger partial charge >= 0.3 is 0 Å². The highest BCUT2D eigenvalue weighted by Crippen LogP contribution is 2.21. The molecule has 0 radical (unpaired) electrons. The predicted molar refractivity (Wildman–Crippen MR) is 72.1 cm³/mol. The first-order valence-electron chi connectivity index (χ1n) is 6.22. The maximum absolute atomic E-state index is 12.6. The molecule has 18 heavy (non-hydrogen) atoms. The Balaban J connectivity index is 2.40. The van der Waals surface area contributed by atoms with Crippen LogP contribution in [0.4, 0.5) is 0 Å². The van der Waals surface area contributed by atoms with Crippen molar-refractivity contribution in [2.75, 3.05) is 19.6 Å². The predicted octanol–water partition coefficient (Wildman–Crippen LogP) is 1.29. The molecular weight excluding hydrogens is 248 g/mol. The van der Waals surface area contributed by atoms with E-state index in [9.17, 15) is 8.42 Å². The second-order valence-electron chi connectivity index (χ2n) is 4.99. The summed E-state index contributed by atoms with van der Waals surface area (Å²) in [4.78, 5) is 0.411. The van der Waals surface area contributed by atoms with Crippen molar-refractivity contribution in [2.24, 2.45) is 0 Å². The molecule has 100 valence electrons. The highest BCUT2D eigenvalue weighted by Gasteiger charge is 2.30. The van der Waals surface area contributed by atoms with Gasteiger partial charge in [0.05, 0.1) is 4.90 Å². The first-order valence-corrected chi connectivity index (χ1v) is 7.66. The average Bonchev–Trinajstić information content (AvgIpc) is 2.28. The van der Waals surface area contributed by atoms with E-state index in [1.807, 2.05) is 26.8 Å². The van der Waals surface area contributed by atoms with Crippen LogP contribution < -0.4 is 5.32 Å². The molecule has 2 rings (SSSR count). The van der Waals surface area contributed by atoms with E-state index in [4.69, 9.17) is 0 Å². The SMILES string of the molecule is Cc1cc(C)cc(S(=O)(=O)N2CCNCC2C)c1. The van der Waals surface area contributed by atoms with Crippen LogP contribution in [-0.4, -0.2) is 38.4 Å². The van der Waals surface area contributed by atoms with Crippen molar-refractivity contribution in [1.82, 2.24) is 9.62 Å². The minimum atomic E-state index is -3.36. The Morgan fingerprint density at radius 2 is 1.83 bits per heavy atom. The molecule has 1 aromatic rings. The Labute approximate surface area is 109 Å². The Hall–Kier alpha value is -0.910. The van der Waals surface area contributed by atoms with E-state index >= 15 is 0 Å². The topological polar surface area (TPSA) is 49.4 Å². The maximum Gasteiger partial charge on any atom is 0.243 e. The van der Waals surface area contributed by atoms with Crippen LogP contribution in [0.3, 0.4) is 0 Å². The van der Waals surface area contributed by atoms with Gasteiger partial charge < -0.3 is 5.32 Å². The molecule has 0 bridgehead atoms. The Morgan fingerprint density at radius 1 is 1.22 bits per heavy atom. The lowest BCUT2D eigenvalue weighted by Crippen LogP contribution is -2.52. The second-order valence-corrected chi connectivity index (χ2v) is 6.88. The zero-order valence-corrected chi connectivity index (χ0v) is 11.9. The number of hydrogen-bond donors (Lipinski definition) is 1. The molecule has 0 aliphatic carbocycles. The molecule has 1 heterocycles. The van der Waals surface area contributed by atoms with Gasteiger partial charge in [0.15, 0.2) is 0 Å². The Bertz CT molecular complexity index is 520. The van der Waals surface area contributed by atoms with Gasteiger partial charge in [0.2, 0.25) is 10.0 Å².